The van der Waals surface area contributed by atoms with Gasteiger partial charge in [0.2, 0.25) is 0 Å². The van der Waals surface area contributed by atoms with Gasteiger partial charge < -0.3 is 15.0 Å². The molecule has 0 atom stereocenters. The van der Waals surface area contributed by atoms with Crippen molar-refractivity contribution in [1.29, 1.82) is 0 Å². The van der Waals surface area contributed by atoms with Gasteiger partial charge in [0, 0.05) is 31.0 Å². The lowest BCUT2D eigenvalue weighted by atomic mass is 10.2. The van der Waals surface area contributed by atoms with Crippen LogP contribution < -0.4 is 10.2 Å². The standard InChI is InChI=1S/C17H18N6O4/c1-2-27-17(26)23-13-10-21(15(24)11-4-3-5-18-8-11)9-12(13)14(20-23)22-7-6-19-16(22)25/h3-5,8H,2,6-7,9-10H2,1H3,(H,19,25). The molecule has 0 aromatic carbocycles. The number of carbonyl (C=O) groups is 3. The molecular weight excluding hydrogens is 352 g/mol. The summed E-state index contributed by atoms with van der Waals surface area (Å²) < 4.78 is 6.21. The lowest BCUT2D eigenvalue weighted by Crippen LogP contribution is -2.31. The average Bonchev–Trinajstić information content (AvgIpc) is 3.37. The van der Waals surface area contributed by atoms with Crippen LogP contribution in [0.15, 0.2) is 24.5 Å². The van der Waals surface area contributed by atoms with Gasteiger partial charge in [-0.25, -0.2) is 9.59 Å². The summed E-state index contributed by atoms with van der Waals surface area (Å²) in [4.78, 5) is 44.2. The zero-order chi connectivity index (χ0) is 19.0. The fourth-order valence-electron chi connectivity index (χ4n) is 3.27. The molecule has 10 nitrogen and oxygen atoms in total. The summed E-state index contributed by atoms with van der Waals surface area (Å²) in [5, 5.41) is 7.02. The Labute approximate surface area is 154 Å². The molecule has 0 radical (unpaired) electrons. The van der Waals surface area contributed by atoms with E-state index in [0.29, 0.717) is 35.7 Å². The molecule has 0 aliphatic carbocycles. The predicted octanol–water partition coefficient (Wildman–Crippen LogP) is 0.968. The maximum atomic E-state index is 12.8. The van der Waals surface area contributed by atoms with Gasteiger partial charge in [-0.05, 0) is 19.1 Å². The van der Waals surface area contributed by atoms with Crippen molar-refractivity contribution in [3.63, 3.8) is 0 Å². The number of urea groups is 1. The fourth-order valence-corrected chi connectivity index (χ4v) is 3.27. The number of amides is 3. The largest absolute Gasteiger partial charge is 0.448 e. The van der Waals surface area contributed by atoms with Crippen LogP contribution in [0.3, 0.4) is 0 Å². The number of rotatable bonds is 3. The first-order valence-corrected chi connectivity index (χ1v) is 8.62. The predicted molar refractivity (Wildman–Crippen MR) is 93.2 cm³/mol. The zero-order valence-electron chi connectivity index (χ0n) is 14.7. The first-order chi connectivity index (χ1) is 13.1. The van der Waals surface area contributed by atoms with Crippen molar-refractivity contribution in [2.75, 3.05) is 24.6 Å². The highest BCUT2D eigenvalue weighted by Crippen LogP contribution is 2.33. The van der Waals surface area contributed by atoms with Crippen molar-refractivity contribution in [2.45, 2.75) is 20.0 Å². The number of nitrogens with one attached hydrogen (secondary N) is 1. The zero-order valence-corrected chi connectivity index (χ0v) is 14.7. The van der Waals surface area contributed by atoms with Crippen LogP contribution in [-0.2, 0) is 17.8 Å². The molecule has 0 bridgehead atoms. The molecule has 3 amide bonds. The molecular formula is C17H18N6O4. The van der Waals surface area contributed by atoms with E-state index in [9.17, 15) is 14.4 Å². The van der Waals surface area contributed by atoms with Crippen LogP contribution in [0.5, 0.6) is 0 Å². The van der Waals surface area contributed by atoms with Gasteiger partial charge in [-0.1, -0.05) is 0 Å². The van der Waals surface area contributed by atoms with E-state index in [1.54, 1.807) is 30.2 Å². The summed E-state index contributed by atoms with van der Waals surface area (Å²) in [6.45, 7) is 3.30. The van der Waals surface area contributed by atoms with E-state index in [0.717, 1.165) is 4.68 Å². The Kier molecular flexibility index (Phi) is 4.22. The van der Waals surface area contributed by atoms with Crippen LogP contribution in [-0.4, -0.2) is 57.4 Å². The Bertz CT molecular complexity index is 910. The molecule has 1 fully saturated rings. The van der Waals surface area contributed by atoms with Crippen molar-refractivity contribution in [3.8, 4) is 0 Å². The summed E-state index contributed by atoms with van der Waals surface area (Å²) >= 11 is 0. The van der Waals surface area contributed by atoms with Gasteiger partial charge in [-0.3, -0.25) is 14.7 Å². The van der Waals surface area contributed by atoms with Crippen molar-refractivity contribution < 1.29 is 19.1 Å². The first kappa shape index (κ1) is 17.0. The highest BCUT2D eigenvalue weighted by Gasteiger charge is 2.37. The second-order valence-corrected chi connectivity index (χ2v) is 6.15. The van der Waals surface area contributed by atoms with Gasteiger partial charge in [0.05, 0.1) is 31.0 Å². The Morgan fingerprint density at radius 3 is 2.85 bits per heavy atom. The van der Waals surface area contributed by atoms with Crippen LogP contribution in [0.25, 0.3) is 0 Å². The number of aromatic nitrogens is 3. The maximum absolute atomic E-state index is 12.8. The van der Waals surface area contributed by atoms with Crippen LogP contribution >= 0.6 is 0 Å². The van der Waals surface area contributed by atoms with E-state index in [4.69, 9.17) is 4.74 Å². The molecule has 2 aliphatic heterocycles. The third-order valence-electron chi connectivity index (χ3n) is 4.51. The van der Waals surface area contributed by atoms with E-state index in [2.05, 4.69) is 15.4 Å². The summed E-state index contributed by atoms with van der Waals surface area (Å²) in [5.74, 6) is 0.182. The normalized spacial score (nSPS) is 15.7. The minimum Gasteiger partial charge on any atom is -0.448 e. The van der Waals surface area contributed by atoms with Gasteiger partial charge in [0.25, 0.3) is 5.91 Å². The van der Waals surface area contributed by atoms with E-state index in [1.165, 1.54) is 11.1 Å². The van der Waals surface area contributed by atoms with Crippen molar-refractivity contribution in [3.05, 3.63) is 41.3 Å². The smallest absolute Gasteiger partial charge is 0.435 e. The minimum absolute atomic E-state index is 0.199. The van der Waals surface area contributed by atoms with E-state index < -0.39 is 6.09 Å². The molecule has 2 aliphatic rings. The second kappa shape index (κ2) is 6.71. The number of hydrogen-bond acceptors (Lipinski definition) is 6. The monoisotopic (exact) mass is 370 g/mol. The number of fused-ring (bicyclic) bond motifs is 1. The third-order valence-corrected chi connectivity index (χ3v) is 4.51. The summed E-state index contributed by atoms with van der Waals surface area (Å²) in [6.07, 6.45) is 2.46. The molecule has 10 heteroatoms. The Morgan fingerprint density at radius 2 is 2.19 bits per heavy atom. The van der Waals surface area contributed by atoms with Crippen LogP contribution in [0.4, 0.5) is 15.4 Å². The van der Waals surface area contributed by atoms with Gasteiger partial charge in [-0.2, -0.15) is 4.68 Å². The Balaban J connectivity index is 1.69. The number of ether oxygens (including phenoxy) is 1. The lowest BCUT2D eigenvalue weighted by Gasteiger charge is -2.18. The number of nitrogens with zero attached hydrogens (tertiary/aromatic N) is 5. The van der Waals surface area contributed by atoms with Gasteiger partial charge >= 0.3 is 12.1 Å². The molecule has 0 unspecified atom stereocenters. The molecule has 27 heavy (non-hydrogen) atoms. The van der Waals surface area contributed by atoms with E-state index in [-0.39, 0.29) is 31.6 Å². The Morgan fingerprint density at radius 1 is 1.33 bits per heavy atom. The van der Waals surface area contributed by atoms with Gasteiger partial charge in [0.15, 0.2) is 5.82 Å². The number of anilines is 1. The van der Waals surface area contributed by atoms with E-state index >= 15 is 0 Å². The van der Waals surface area contributed by atoms with Gasteiger partial charge in [0.1, 0.15) is 0 Å². The first-order valence-electron chi connectivity index (χ1n) is 8.62. The minimum atomic E-state index is -0.629. The summed E-state index contributed by atoms with van der Waals surface area (Å²) in [5.41, 5.74) is 1.69. The highest BCUT2D eigenvalue weighted by molar-refractivity contribution is 5.96. The SMILES string of the molecule is CCOC(=O)n1nc(N2CCNC2=O)c2c1CN(C(=O)c1cccnc1)C2. The molecule has 4 rings (SSSR count). The molecule has 2 aromatic heterocycles. The number of pyridine rings is 1. The third kappa shape index (κ3) is 2.88. The Hall–Kier alpha value is -3.43. The molecule has 2 aromatic rings. The fraction of sp³-hybridized carbons (Fsp3) is 0.353. The summed E-state index contributed by atoms with van der Waals surface area (Å²) in [7, 11) is 0. The lowest BCUT2D eigenvalue weighted by molar-refractivity contribution is 0.0746. The van der Waals surface area contributed by atoms with Crippen molar-refractivity contribution in [1.82, 2.24) is 25.0 Å². The van der Waals surface area contributed by atoms with E-state index in [1.807, 2.05) is 0 Å². The topological polar surface area (TPSA) is 110 Å². The highest BCUT2D eigenvalue weighted by atomic mass is 16.6. The quantitative estimate of drug-likeness (QED) is 0.862. The average molecular weight is 370 g/mol. The molecule has 1 saturated heterocycles. The number of carbonyl (C=O) groups excluding carboxylic acids is 3. The van der Waals surface area contributed by atoms with Crippen molar-refractivity contribution >= 4 is 23.8 Å². The van der Waals surface area contributed by atoms with Crippen LogP contribution in [0, 0.1) is 0 Å². The molecule has 1 N–H and O–H groups in total. The number of hydrogen-bond donors (Lipinski definition) is 1. The molecule has 0 saturated carbocycles. The molecule has 140 valence electrons. The van der Waals surface area contributed by atoms with Crippen LogP contribution in [0.2, 0.25) is 0 Å². The van der Waals surface area contributed by atoms with Gasteiger partial charge in [-0.15, -0.1) is 5.10 Å². The maximum Gasteiger partial charge on any atom is 0.435 e. The second-order valence-electron chi connectivity index (χ2n) is 6.15. The van der Waals surface area contributed by atoms with Crippen LogP contribution in [0.1, 0.15) is 28.5 Å². The molecule has 0 spiro atoms. The summed E-state index contributed by atoms with van der Waals surface area (Å²) in [6, 6.07) is 3.10. The molecule has 4 heterocycles. The van der Waals surface area contributed by atoms with Crippen molar-refractivity contribution in [2.24, 2.45) is 0 Å².